The van der Waals surface area contributed by atoms with Gasteiger partial charge in [0.1, 0.15) is 5.75 Å². The van der Waals surface area contributed by atoms with Gasteiger partial charge < -0.3 is 30.0 Å². The fourth-order valence-corrected chi connectivity index (χ4v) is 3.28. The molecule has 0 bridgehead atoms. The lowest BCUT2D eigenvalue weighted by atomic mass is 10.1. The number of carbonyl (C=O) groups is 1. The normalized spacial score (nSPS) is 10.4. The van der Waals surface area contributed by atoms with Crippen molar-refractivity contribution in [3.8, 4) is 28.7 Å². The second-order valence-electron chi connectivity index (χ2n) is 7.13. The minimum absolute atomic E-state index is 0.250. The number of nitrogens with one attached hydrogen (secondary N) is 1. The third-order valence-electron chi connectivity index (χ3n) is 4.91. The minimum Gasteiger partial charge on any atom is -0.492 e. The smallest absolute Gasteiger partial charge is 0.259 e. The molecule has 1 amide bonds. The van der Waals surface area contributed by atoms with Crippen LogP contribution in [0.1, 0.15) is 21.5 Å². The standard InChI is InChI=1S/C25H28N2O5/c1-16-5-9-18(10-6-16)27-25(28)20-15-21(23(30-3)24(31-4)22(20)29-2)32-19-11-7-17(8-12-19)13-14-26/h5-12,15H,13-14,26H2,1-4H3,(H,27,28). The van der Waals surface area contributed by atoms with Crippen LogP contribution >= 0.6 is 0 Å². The number of anilines is 1. The molecule has 7 nitrogen and oxygen atoms in total. The summed E-state index contributed by atoms with van der Waals surface area (Å²) >= 11 is 0. The number of amides is 1. The first-order valence-electron chi connectivity index (χ1n) is 10.2. The van der Waals surface area contributed by atoms with E-state index in [2.05, 4.69) is 5.32 Å². The van der Waals surface area contributed by atoms with Gasteiger partial charge in [-0.1, -0.05) is 29.8 Å². The van der Waals surface area contributed by atoms with Crippen molar-refractivity contribution >= 4 is 11.6 Å². The molecule has 0 aliphatic rings. The quantitative estimate of drug-likeness (QED) is 0.511. The summed E-state index contributed by atoms with van der Waals surface area (Å²) in [5.41, 5.74) is 8.73. The number of methoxy groups -OCH3 is 3. The molecule has 3 N–H and O–H groups in total. The van der Waals surface area contributed by atoms with Gasteiger partial charge in [-0.3, -0.25) is 4.79 Å². The summed E-state index contributed by atoms with van der Waals surface area (Å²) in [6.07, 6.45) is 0.781. The average Bonchev–Trinajstić information content (AvgIpc) is 2.81. The third-order valence-corrected chi connectivity index (χ3v) is 4.91. The Bertz CT molecular complexity index is 1060. The predicted molar refractivity (Wildman–Crippen MR) is 125 cm³/mol. The molecule has 0 heterocycles. The summed E-state index contributed by atoms with van der Waals surface area (Å²) in [7, 11) is 4.45. The van der Waals surface area contributed by atoms with E-state index >= 15 is 0 Å². The maximum atomic E-state index is 13.1. The first-order chi connectivity index (χ1) is 15.5. The zero-order valence-corrected chi connectivity index (χ0v) is 18.7. The highest BCUT2D eigenvalue weighted by molar-refractivity contribution is 6.07. The van der Waals surface area contributed by atoms with Crippen molar-refractivity contribution in [1.82, 2.24) is 0 Å². The monoisotopic (exact) mass is 436 g/mol. The van der Waals surface area contributed by atoms with E-state index in [1.165, 1.54) is 21.3 Å². The molecular formula is C25H28N2O5. The molecule has 0 aliphatic heterocycles. The predicted octanol–water partition coefficient (Wildman–Crippen LogP) is 4.57. The summed E-state index contributed by atoms with van der Waals surface area (Å²) < 4.78 is 22.6. The van der Waals surface area contributed by atoms with E-state index in [1.807, 2.05) is 55.5 Å². The van der Waals surface area contributed by atoms with Crippen LogP contribution < -0.4 is 30.0 Å². The van der Waals surface area contributed by atoms with Crippen LogP contribution in [0.15, 0.2) is 54.6 Å². The molecule has 0 fully saturated rings. The number of nitrogens with two attached hydrogens (primary N) is 1. The summed E-state index contributed by atoms with van der Waals surface area (Å²) in [6.45, 7) is 2.55. The lowest BCUT2D eigenvalue weighted by molar-refractivity contribution is 0.102. The molecule has 0 saturated heterocycles. The summed E-state index contributed by atoms with van der Waals surface area (Å²) in [5.74, 6) is 1.38. The van der Waals surface area contributed by atoms with Gasteiger partial charge in [-0.25, -0.2) is 0 Å². The van der Waals surface area contributed by atoms with Gasteiger partial charge in [-0.2, -0.15) is 0 Å². The molecule has 3 aromatic rings. The highest BCUT2D eigenvalue weighted by atomic mass is 16.5. The second-order valence-corrected chi connectivity index (χ2v) is 7.13. The first-order valence-corrected chi connectivity index (χ1v) is 10.2. The van der Waals surface area contributed by atoms with Crippen LogP contribution in [0.2, 0.25) is 0 Å². The molecule has 0 radical (unpaired) electrons. The van der Waals surface area contributed by atoms with E-state index in [0.717, 1.165) is 17.5 Å². The number of hydrogen-bond acceptors (Lipinski definition) is 6. The van der Waals surface area contributed by atoms with E-state index in [-0.39, 0.29) is 23.0 Å². The molecule has 7 heteroatoms. The van der Waals surface area contributed by atoms with Gasteiger partial charge >= 0.3 is 0 Å². The van der Waals surface area contributed by atoms with Gasteiger partial charge in [-0.15, -0.1) is 0 Å². The van der Waals surface area contributed by atoms with Crippen molar-refractivity contribution in [1.29, 1.82) is 0 Å². The van der Waals surface area contributed by atoms with Crippen LogP contribution in [-0.4, -0.2) is 33.8 Å². The number of benzene rings is 3. The Morgan fingerprint density at radius 3 is 2.06 bits per heavy atom. The maximum absolute atomic E-state index is 13.1. The zero-order chi connectivity index (χ0) is 23.1. The lowest BCUT2D eigenvalue weighted by Crippen LogP contribution is -2.14. The Balaban J connectivity index is 2.00. The Morgan fingerprint density at radius 2 is 1.50 bits per heavy atom. The van der Waals surface area contributed by atoms with Gasteiger partial charge in [0.2, 0.25) is 11.5 Å². The maximum Gasteiger partial charge on any atom is 0.259 e. The van der Waals surface area contributed by atoms with Crippen molar-refractivity contribution in [3.05, 3.63) is 71.3 Å². The summed E-state index contributed by atoms with van der Waals surface area (Å²) in [4.78, 5) is 13.1. The van der Waals surface area contributed by atoms with E-state index in [9.17, 15) is 4.79 Å². The van der Waals surface area contributed by atoms with Gasteiger partial charge in [0.25, 0.3) is 5.91 Å². The van der Waals surface area contributed by atoms with Gasteiger partial charge in [0.05, 0.1) is 26.9 Å². The molecular weight excluding hydrogens is 408 g/mol. The Kier molecular flexibility index (Phi) is 7.57. The molecule has 0 saturated carbocycles. The van der Waals surface area contributed by atoms with E-state index in [4.69, 9.17) is 24.7 Å². The number of carbonyl (C=O) groups excluding carboxylic acids is 1. The molecule has 3 rings (SSSR count). The molecule has 168 valence electrons. The molecule has 0 aromatic heterocycles. The molecule has 3 aromatic carbocycles. The number of hydrogen-bond donors (Lipinski definition) is 2. The topological polar surface area (TPSA) is 92.0 Å². The Hall–Kier alpha value is -3.71. The molecule has 32 heavy (non-hydrogen) atoms. The third kappa shape index (κ3) is 5.12. The van der Waals surface area contributed by atoms with Crippen molar-refractivity contribution in [2.75, 3.05) is 33.2 Å². The Morgan fingerprint density at radius 1 is 0.875 bits per heavy atom. The molecule has 0 spiro atoms. The van der Waals surface area contributed by atoms with Crippen molar-refractivity contribution in [2.24, 2.45) is 5.73 Å². The van der Waals surface area contributed by atoms with E-state index in [1.54, 1.807) is 6.07 Å². The van der Waals surface area contributed by atoms with Gasteiger partial charge in [0, 0.05) is 11.8 Å². The second kappa shape index (κ2) is 10.5. The SMILES string of the molecule is COc1c(Oc2ccc(CCN)cc2)cc(C(=O)Nc2ccc(C)cc2)c(OC)c1OC. The Labute approximate surface area is 188 Å². The molecule has 0 unspecified atom stereocenters. The fourth-order valence-electron chi connectivity index (χ4n) is 3.28. The van der Waals surface area contributed by atoms with Crippen LogP contribution in [0.25, 0.3) is 0 Å². The van der Waals surface area contributed by atoms with Gasteiger partial charge in [0.15, 0.2) is 11.5 Å². The van der Waals surface area contributed by atoms with Crippen LogP contribution in [0, 0.1) is 6.92 Å². The summed E-state index contributed by atoms with van der Waals surface area (Å²) in [6, 6.07) is 16.7. The average molecular weight is 437 g/mol. The van der Waals surface area contributed by atoms with Crippen LogP contribution in [0.4, 0.5) is 5.69 Å². The number of ether oxygens (including phenoxy) is 4. The summed E-state index contributed by atoms with van der Waals surface area (Å²) in [5, 5.41) is 2.88. The van der Waals surface area contributed by atoms with Crippen molar-refractivity contribution < 1.29 is 23.7 Å². The van der Waals surface area contributed by atoms with E-state index in [0.29, 0.717) is 29.5 Å². The minimum atomic E-state index is -0.366. The van der Waals surface area contributed by atoms with E-state index < -0.39 is 0 Å². The number of aryl methyl sites for hydroxylation is 1. The fraction of sp³-hybridized carbons (Fsp3) is 0.240. The number of rotatable bonds is 9. The highest BCUT2D eigenvalue weighted by Crippen LogP contribution is 2.48. The lowest BCUT2D eigenvalue weighted by Gasteiger charge is -2.19. The zero-order valence-electron chi connectivity index (χ0n) is 18.7. The largest absolute Gasteiger partial charge is 0.492 e. The van der Waals surface area contributed by atoms with Gasteiger partial charge in [-0.05, 0) is 49.7 Å². The van der Waals surface area contributed by atoms with Crippen molar-refractivity contribution in [3.63, 3.8) is 0 Å². The first kappa shape index (κ1) is 23.0. The van der Waals surface area contributed by atoms with Crippen LogP contribution in [0.5, 0.6) is 28.7 Å². The van der Waals surface area contributed by atoms with Crippen molar-refractivity contribution in [2.45, 2.75) is 13.3 Å². The molecule has 0 atom stereocenters. The highest BCUT2D eigenvalue weighted by Gasteiger charge is 2.26. The molecule has 0 aliphatic carbocycles. The van der Waals surface area contributed by atoms with Crippen LogP contribution in [-0.2, 0) is 6.42 Å². The van der Waals surface area contributed by atoms with Crippen LogP contribution in [0.3, 0.4) is 0 Å².